The molecule has 0 radical (unpaired) electrons. The number of halogens is 1. The second-order valence-electron chi connectivity index (χ2n) is 4.95. The molecule has 1 saturated heterocycles. The number of amides is 2. The summed E-state index contributed by atoms with van der Waals surface area (Å²) in [6, 6.07) is 3.70. The molecule has 2 amide bonds. The lowest BCUT2D eigenvalue weighted by Crippen LogP contribution is -2.51. The molecule has 0 aliphatic carbocycles. The zero-order valence-corrected chi connectivity index (χ0v) is 14.2. The van der Waals surface area contributed by atoms with E-state index in [0.717, 1.165) is 4.88 Å². The SMILES string of the molecule is COC(CN)CC(=O)N1CCN(C(=O)c2cccs2)CC1.Cl. The van der Waals surface area contributed by atoms with E-state index < -0.39 is 0 Å². The van der Waals surface area contributed by atoms with Crippen molar-refractivity contribution in [2.24, 2.45) is 5.73 Å². The van der Waals surface area contributed by atoms with E-state index in [-0.39, 0.29) is 30.3 Å². The molecule has 0 spiro atoms. The van der Waals surface area contributed by atoms with Crippen LogP contribution in [0.3, 0.4) is 0 Å². The number of nitrogens with two attached hydrogens (primary N) is 1. The fourth-order valence-corrected chi connectivity index (χ4v) is 2.99. The van der Waals surface area contributed by atoms with Crippen LogP contribution in [0.1, 0.15) is 16.1 Å². The van der Waals surface area contributed by atoms with Crippen LogP contribution in [-0.4, -0.2) is 67.6 Å². The minimum Gasteiger partial charge on any atom is -0.380 e. The van der Waals surface area contributed by atoms with Crippen LogP contribution in [0, 0.1) is 0 Å². The third-order valence-corrected chi connectivity index (χ3v) is 4.51. The minimum atomic E-state index is -0.233. The summed E-state index contributed by atoms with van der Waals surface area (Å²) in [5, 5.41) is 1.89. The van der Waals surface area contributed by atoms with Crippen molar-refractivity contribution in [3.63, 3.8) is 0 Å². The van der Waals surface area contributed by atoms with Gasteiger partial charge in [-0.15, -0.1) is 23.7 Å². The van der Waals surface area contributed by atoms with E-state index >= 15 is 0 Å². The molecule has 1 unspecified atom stereocenters. The first-order chi connectivity index (χ1) is 10.2. The Kier molecular flexibility index (Phi) is 7.81. The van der Waals surface area contributed by atoms with Crippen molar-refractivity contribution in [1.82, 2.24) is 9.80 Å². The number of hydrogen-bond acceptors (Lipinski definition) is 5. The molecular weight excluding hydrogens is 326 g/mol. The van der Waals surface area contributed by atoms with Crippen molar-refractivity contribution in [2.45, 2.75) is 12.5 Å². The predicted octanol–water partition coefficient (Wildman–Crippen LogP) is 0.818. The van der Waals surface area contributed by atoms with Gasteiger partial charge in [-0.2, -0.15) is 0 Å². The lowest BCUT2D eigenvalue weighted by molar-refractivity contribution is -0.135. The molecule has 1 aromatic heterocycles. The molecule has 22 heavy (non-hydrogen) atoms. The summed E-state index contributed by atoms with van der Waals surface area (Å²) in [6.07, 6.45) is 0.0644. The highest BCUT2D eigenvalue weighted by molar-refractivity contribution is 7.12. The van der Waals surface area contributed by atoms with E-state index in [1.165, 1.54) is 11.3 Å². The summed E-state index contributed by atoms with van der Waals surface area (Å²) < 4.78 is 5.13. The Morgan fingerprint density at radius 3 is 2.45 bits per heavy atom. The van der Waals surface area contributed by atoms with E-state index in [9.17, 15) is 9.59 Å². The fourth-order valence-electron chi connectivity index (χ4n) is 2.30. The van der Waals surface area contributed by atoms with Crippen LogP contribution in [0.5, 0.6) is 0 Å². The van der Waals surface area contributed by atoms with Crippen molar-refractivity contribution < 1.29 is 14.3 Å². The average molecular weight is 348 g/mol. The first-order valence-electron chi connectivity index (χ1n) is 6.99. The Morgan fingerprint density at radius 1 is 1.32 bits per heavy atom. The Labute approximate surface area is 140 Å². The average Bonchev–Trinajstić information content (AvgIpc) is 3.06. The van der Waals surface area contributed by atoms with Gasteiger partial charge in [0.05, 0.1) is 17.4 Å². The summed E-state index contributed by atoms with van der Waals surface area (Å²) in [5.74, 6) is 0.0874. The Bertz CT molecular complexity index is 472. The highest BCUT2D eigenvalue weighted by Crippen LogP contribution is 2.14. The predicted molar refractivity (Wildman–Crippen MR) is 88.5 cm³/mol. The number of carbonyl (C=O) groups excluding carboxylic acids is 2. The molecule has 2 rings (SSSR count). The fraction of sp³-hybridized carbons (Fsp3) is 0.571. The van der Waals surface area contributed by atoms with Gasteiger partial charge in [0.1, 0.15) is 0 Å². The van der Waals surface area contributed by atoms with Crippen LogP contribution in [0.15, 0.2) is 17.5 Å². The molecule has 1 aromatic rings. The van der Waals surface area contributed by atoms with Crippen molar-refractivity contribution >= 4 is 35.6 Å². The molecule has 124 valence electrons. The van der Waals surface area contributed by atoms with Crippen LogP contribution >= 0.6 is 23.7 Å². The van der Waals surface area contributed by atoms with Gasteiger partial charge in [0, 0.05) is 39.8 Å². The van der Waals surface area contributed by atoms with Crippen LogP contribution in [0.4, 0.5) is 0 Å². The number of methoxy groups -OCH3 is 1. The molecular formula is C14H22ClN3O3S. The molecule has 0 aromatic carbocycles. The topological polar surface area (TPSA) is 75.9 Å². The number of hydrogen-bond donors (Lipinski definition) is 1. The van der Waals surface area contributed by atoms with E-state index in [0.29, 0.717) is 39.1 Å². The Morgan fingerprint density at radius 2 is 1.95 bits per heavy atom. The third-order valence-electron chi connectivity index (χ3n) is 3.65. The Hall–Kier alpha value is -1.15. The molecule has 2 heterocycles. The molecule has 1 aliphatic rings. The maximum Gasteiger partial charge on any atom is 0.264 e. The smallest absolute Gasteiger partial charge is 0.264 e. The number of nitrogens with zero attached hydrogens (tertiary/aromatic N) is 2. The summed E-state index contributed by atoms with van der Waals surface area (Å²) in [6.45, 7) is 2.61. The molecule has 0 bridgehead atoms. The van der Waals surface area contributed by atoms with E-state index in [2.05, 4.69) is 0 Å². The van der Waals surface area contributed by atoms with Gasteiger partial charge >= 0.3 is 0 Å². The minimum absolute atomic E-state index is 0. The van der Waals surface area contributed by atoms with Crippen molar-refractivity contribution in [3.05, 3.63) is 22.4 Å². The van der Waals surface area contributed by atoms with Gasteiger partial charge in [0.25, 0.3) is 5.91 Å². The second kappa shape index (κ2) is 9.09. The number of rotatable bonds is 5. The maximum absolute atomic E-state index is 12.2. The lowest BCUT2D eigenvalue weighted by atomic mass is 10.2. The van der Waals surface area contributed by atoms with Gasteiger partial charge in [-0.1, -0.05) is 6.07 Å². The van der Waals surface area contributed by atoms with Crippen LogP contribution in [0.25, 0.3) is 0 Å². The number of ether oxygens (including phenoxy) is 1. The summed E-state index contributed by atoms with van der Waals surface area (Å²) in [5.41, 5.74) is 5.53. The standard InChI is InChI=1S/C14H21N3O3S.ClH/c1-20-11(10-15)9-13(18)16-4-6-17(7-5-16)14(19)12-3-2-8-21-12;/h2-3,8,11H,4-7,9-10,15H2,1H3;1H. The highest BCUT2D eigenvalue weighted by atomic mass is 35.5. The zero-order chi connectivity index (χ0) is 15.2. The van der Waals surface area contributed by atoms with Gasteiger partial charge in [0.15, 0.2) is 0 Å². The van der Waals surface area contributed by atoms with Gasteiger partial charge in [-0.3, -0.25) is 9.59 Å². The quantitative estimate of drug-likeness (QED) is 0.855. The van der Waals surface area contributed by atoms with Gasteiger partial charge in [-0.25, -0.2) is 0 Å². The van der Waals surface area contributed by atoms with Crippen LogP contribution < -0.4 is 5.73 Å². The van der Waals surface area contributed by atoms with Crippen molar-refractivity contribution in [3.8, 4) is 0 Å². The summed E-state index contributed by atoms with van der Waals surface area (Å²) >= 11 is 1.44. The number of thiophene rings is 1. The maximum atomic E-state index is 12.2. The van der Waals surface area contributed by atoms with Gasteiger partial charge in [-0.05, 0) is 11.4 Å². The summed E-state index contributed by atoms with van der Waals surface area (Å²) in [4.78, 5) is 28.6. The first-order valence-corrected chi connectivity index (χ1v) is 7.87. The van der Waals surface area contributed by atoms with E-state index in [1.54, 1.807) is 16.9 Å². The van der Waals surface area contributed by atoms with Crippen LogP contribution in [0.2, 0.25) is 0 Å². The van der Waals surface area contributed by atoms with Gasteiger partial charge in [0.2, 0.25) is 5.91 Å². The summed E-state index contributed by atoms with van der Waals surface area (Å²) in [7, 11) is 1.56. The number of carbonyl (C=O) groups is 2. The molecule has 0 saturated carbocycles. The molecule has 2 N–H and O–H groups in total. The third kappa shape index (κ3) is 4.67. The van der Waals surface area contributed by atoms with Crippen molar-refractivity contribution in [1.29, 1.82) is 0 Å². The lowest BCUT2D eigenvalue weighted by Gasteiger charge is -2.35. The monoisotopic (exact) mass is 347 g/mol. The second-order valence-corrected chi connectivity index (χ2v) is 5.90. The molecule has 1 atom stereocenters. The first kappa shape index (κ1) is 18.9. The van der Waals surface area contributed by atoms with E-state index in [4.69, 9.17) is 10.5 Å². The Balaban J connectivity index is 0.00000242. The molecule has 1 fully saturated rings. The molecule has 1 aliphatic heterocycles. The normalized spacial score (nSPS) is 16.1. The molecule has 8 heteroatoms. The van der Waals surface area contributed by atoms with Crippen LogP contribution in [-0.2, 0) is 9.53 Å². The van der Waals surface area contributed by atoms with Gasteiger partial charge < -0.3 is 20.3 Å². The highest BCUT2D eigenvalue weighted by Gasteiger charge is 2.26. The number of piperazine rings is 1. The van der Waals surface area contributed by atoms with Crippen molar-refractivity contribution in [2.75, 3.05) is 39.8 Å². The zero-order valence-electron chi connectivity index (χ0n) is 12.6. The van der Waals surface area contributed by atoms with E-state index in [1.807, 2.05) is 17.5 Å². The molecule has 6 nitrogen and oxygen atoms in total. The largest absolute Gasteiger partial charge is 0.380 e.